The van der Waals surface area contributed by atoms with Gasteiger partial charge in [-0.25, -0.2) is 9.97 Å². The molecule has 0 N–H and O–H groups in total. The summed E-state index contributed by atoms with van der Waals surface area (Å²) in [4.78, 5) is 15.6. The molecule has 0 aliphatic carbocycles. The Labute approximate surface area is 316 Å². The number of thiophene rings is 1. The molecule has 0 spiro atoms. The fourth-order valence-electron chi connectivity index (χ4n) is 9.04. The van der Waals surface area contributed by atoms with Gasteiger partial charge >= 0.3 is 0 Å². The number of benzene rings is 8. The molecular weight excluding hydrogens is 693 g/mol. The number of para-hydroxylation sites is 2. The Morgan fingerprint density at radius 3 is 2.15 bits per heavy atom. The molecular formula is C49H26N4OS. The lowest BCUT2D eigenvalue weighted by Gasteiger charge is -2.15. The summed E-state index contributed by atoms with van der Waals surface area (Å²) in [6, 6.07) is 52.1. The number of furan rings is 1. The predicted octanol–water partition coefficient (Wildman–Crippen LogP) is 13.5. The Kier molecular flexibility index (Phi) is 5.71. The minimum absolute atomic E-state index is 0.744. The molecule has 0 aliphatic heterocycles. The van der Waals surface area contributed by atoms with Crippen LogP contribution in [0.3, 0.4) is 0 Å². The fraction of sp³-hybridized carbons (Fsp3) is 0. The Morgan fingerprint density at radius 1 is 0.545 bits per heavy atom. The molecule has 0 unspecified atom stereocenters. The van der Waals surface area contributed by atoms with Gasteiger partial charge in [0, 0.05) is 54.2 Å². The zero-order chi connectivity index (χ0) is 35.8. The number of fused-ring (bicyclic) bond motifs is 17. The largest absolute Gasteiger partial charge is 0.454 e. The summed E-state index contributed by atoms with van der Waals surface area (Å²) in [5.74, 6) is 0.764. The second kappa shape index (κ2) is 10.7. The number of aromatic nitrogens is 4. The van der Waals surface area contributed by atoms with Crippen LogP contribution in [-0.4, -0.2) is 19.5 Å². The van der Waals surface area contributed by atoms with Crippen LogP contribution in [0.4, 0.5) is 0 Å². The highest BCUT2D eigenvalue weighted by molar-refractivity contribution is 7.27. The summed E-state index contributed by atoms with van der Waals surface area (Å²) in [6.07, 6.45) is 3.61. The van der Waals surface area contributed by atoms with Gasteiger partial charge in [-0.2, -0.15) is 0 Å². The average molecular weight is 719 g/mol. The molecule has 5 nitrogen and oxygen atoms in total. The van der Waals surface area contributed by atoms with Crippen LogP contribution in [0.1, 0.15) is 0 Å². The maximum Gasteiger partial charge on any atom is 0.165 e. The standard InChI is InChI=1S/C49H26N4OS/c1-2-12-29-25-41-37(24-28(29)11-1)43-33-15-6-5-14-32(33)42-35-16-7-8-19-39(35)53(46(42)48(43)55-41)49-45(51-38-21-20-27-10-3-4-13-30(27)44(38)52-49)36-18-9-17-34-31-22-23-50-26-40(31)54-47(34)36/h1-26H. The molecule has 8 aromatic carbocycles. The molecule has 5 aromatic heterocycles. The van der Waals surface area contributed by atoms with Crippen molar-refractivity contribution < 1.29 is 4.42 Å². The molecule has 0 radical (unpaired) electrons. The molecule has 0 fully saturated rings. The Morgan fingerprint density at radius 2 is 1.27 bits per heavy atom. The number of pyridine rings is 1. The van der Waals surface area contributed by atoms with Crippen LogP contribution in [0, 0.1) is 0 Å². The summed E-state index contributed by atoms with van der Waals surface area (Å²) < 4.78 is 11.5. The van der Waals surface area contributed by atoms with Gasteiger partial charge in [-0.15, -0.1) is 11.3 Å². The Bertz CT molecular complexity index is 3800. The minimum atomic E-state index is 0.744. The van der Waals surface area contributed by atoms with Crippen molar-refractivity contribution in [2.24, 2.45) is 0 Å². The monoisotopic (exact) mass is 718 g/mol. The van der Waals surface area contributed by atoms with E-state index in [1.54, 1.807) is 6.20 Å². The maximum atomic E-state index is 6.64. The van der Waals surface area contributed by atoms with Crippen molar-refractivity contribution in [1.29, 1.82) is 0 Å². The SMILES string of the molecule is c1ccc2cc3c(cc2c1)sc1c3c2ccccc2c2c3ccccc3n(-c3nc4c(ccc5ccccc54)nc3-c3cccc4c3oc3cnccc34)c12. The van der Waals surface area contributed by atoms with Crippen LogP contribution in [0.15, 0.2) is 162 Å². The van der Waals surface area contributed by atoms with Crippen molar-refractivity contribution in [3.8, 4) is 17.1 Å². The molecule has 13 aromatic rings. The van der Waals surface area contributed by atoms with Crippen LogP contribution in [0.2, 0.25) is 0 Å². The second-order valence-corrected chi connectivity index (χ2v) is 15.4. The molecule has 0 aliphatic rings. The van der Waals surface area contributed by atoms with Gasteiger partial charge in [-0.3, -0.25) is 9.55 Å². The van der Waals surface area contributed by atoms with E-state index in [4.69, 9.17) is 14.4 Å². The zero-order valence-corrected chi connectivity index (χ0v) is 29.9. The van der Waals surface area contributed by atoms with E-state index in [9.17, 15) is 0 Å². The van der Waals surface area contributed by atoms with E-state index in [2.05, 4.69) is 149 Å². The van der Waals surface area contributed by atoms with Crippen LogP contribution < -0.4 is 0 Å². The second-order valence-electron chi connectivity index (χ2n) is 14.3. The lowest BCUT2D eigenvalue weighted by Crippen LogP contribution is -2.04. The molecule has 0 amide bonds. The summed E-state index contributed by atoms with van der Waals surface area (Å²) >= 11 is 1.86. The van der Waals surface area contributed by atoms with Crippen molar-refractivity contribution in [2.75, 3.05) is 0 Å². The molecule has 55 heavy (non-hydrogen) atoms. The van der Waals surface area contributed by atoms with Gasteiger partial charge in [0.1, 0.15) is 11.3 Å². The number of nitrogens with zero attached hydrogens (tertiary/aromatic N) is 4. The summed E-state index contributed by atoms with van der Waals surface area (Å²) in [6.45, 7) is 0. The van der Waals surface area contributed by atoms with E-state index in [0.29, 0.717) is 0 Å². The number of hydrogen-bond donors (Lipinski definition) is 0. The molecule has 0 atom stereocenters. The van der Waals surface area contributed by atoms with Gasteiger partial charge < -0.3 is 4.42 Å². The van der Waals surface area contributed by atoms with E-state index in [0.717, 1.165) is 71.9 Å². The molecule has 0 bridgehead atoms. The van der Waals surface area contributed by atoms with Crippen molar-refractivity contribution in [1.82, 2.24) is 19.5 Å². The molecule has 254 valence electrons. The highest BCUT2D eigenvalue weighted by Crippen LogP contribution is 2.49. The van der Waals surface area contributed by atoms with Crippen LogP contribution in [-0.2, 0) is 0 Å². The smallest absolute Gasteiger partial charge is 0.165 e. The lowest BCUT2D eigenvalue weighted by atomic mass is 9.98. The van der Waals surface area contributed by atoms with Crippen LogP contribution >= 0.6 is 11.3 Å². The van der Waals surface area contributed by atoms with Crippen molar-refractivity contribution in [2.45, 2.75) is 0 Å². The first-order chi connectivity index (χ1) is 27.3. The topological polar surface area (TPSA) is 56.7 Å². The molecule has 13 rings (SSSR count). The van der Waals surface area contributed by atoms with E-state index in [1.807, 2.05) is 23.6 Å². The highest BCUT2D eigenvalue weighted by Gasteiger charge is 2.26. The Balaban J connectivity index is 1.28. The number of rotatable bonds is 2. The van der Waals surface area contributed by atoms with E-state index < -0.39 is 0 Å². The summed E-state index contributed by atoms with van der Waals surface area (Å²) in [5, 5.41) is 14.1. The highest BCUT2D eigenvalue weighted by atomic mass is 32.1. The third-order valence-electron chi connectivity index (χ3n) is 11.4. The van der Waals surface area contributed by atoms with E-state index >= 15 is 0 Å². The van der Waals surface area contributed by atoms with E-state index in [-0.39, 0.29) is 0 Å². The van der Waals surface area contributed by atoms with Gasteiger partial charge in [0.25, 0.3) is 0 Å². The first-order valence-electron chi connectivity index (χ1n) is 18.4. The normalized spacial score (nSPS) is 12.4. The quantitative estimate of drug-likeness (QED) is 0.167. The average Bonchev–Trinajstić information content (AvgIpc) is 3.92. The summed E-state index contributed by atoms with van der Waals surface area (Å²) in [7, 11) is 0. The molecule has 6 heteroatoms. The van der Waals surface area contributed by atoms with Gasteiger partial charge in [0.15, 0.2) is 11.4 Å². The molecule has 0 saturated carbocycles. The lowest BCUT2D eigenvalue weighted by molar-refractivity contribution is 0.667. The third-order valence-corrected chi connectivity index (χ3v) is 12.6. The Hall–Kier alpha value is -7.15. The summed E-state index contributed by atoms with van der Waals surface area (Å²) in [5.41, 5.74) is 7.07. The van der Waals surface area contributed by atoms with Gasteiger partial charge in [-0.1, -0.05) is 109 Å². The first-order valence-corrected chi connectivity index (χ1v) is 19.2. The van der Waals surface area contributed by atoms with E-state index in [1.165, 1.54) is 52.5 Å². The predicted molar refractivity (Wildman–Crippen MR) is 230 cm³/mol. The van der Waals surface area contributed by atoms with Gasteiger partial charge in [0.05, 0.1) is 33.0 Å². The van der Waals surface area contributed by atoms with Crippen molar-refractivity contribution in [3.63, 3.8) is 0 Å². The molecule has 0 saturated heterocycles. The number of hydrogen-bond acceptors (Lipinski definition) is 5. The van der Waals surface area contributed by atoms with Crippen molar-refractivity contribution >= 4 is 119 Å². The third kappa shape index (κ3) is 3.93. The first kappa shape index (κ1) is 29.3. The fourth-order valence-corrected chi connectivity index (χ4v) is 10.3. The van der Waals surface area contributed by atoms with Crippen LogP contribution in [0.25, 0.3) is 124 Å². The minimum Gasteiger partial charge on any atom is -0.454 e. The zero-order valence-electron chi connectivity index (χ0n) is 29.1. The van der Waals surface area contributed by atoms with Gasteiger partial charge in [-0.05, 0) is 63.3 Å². The van der Waals surface area contributed by atoms with Gasteiger partial charge in [0.2, 0.25) is 0 Å². The maximum absolute atomic E-state index is 6.64. The molecule has 5 heterocycles. The van der Waals surface area contributed by atoms with Crippen molar-refractivity contribution in [3.05, 3.63) is 158 Å². The van der Waals surface area contributed by atoms with Crippen LogP contribution in [0.5, 0.6) is 0 Å².